The van der Waals surface area contributed by atoms with Crippen molar-refractivity contribution in [1.29, 1.82) is 0 Å². The van der Waals surface area contributed by atoms with E-state index < -0.39 is 11.4 Å². The van der Waals surface area contributed by atoms with Crippen LogP contribution in [0.3, 0.4) is 0 Å². The molecule has 1 aromatic carbocycles. The van der Waals surface area contributed by atoms with Crippen molar-refractivity contribution >= 4 is 5.97 Å². The smallest absolute Gasteiger partial charge is 0.315 e. The second-order valence-corrected chi connectivity index (χ2v) is 5.23. The third-order valence-corrected chi connectivity index (χ3v) is 3.85. The van der Waals surface area contributed by atoms with E-state index in [1.807, 2.05) is 54.9 Å². The van der Waals surface area contributed by atoms with Gasteiger partial charge in [0.2, 0.25) is 0 Å². The zero-order valence-corrected chi connectivity index (χ0v) is 12.4. The Kier molecular flexibility index (Phi) is 4.43. The Morgan fingerprint density at radius 3 is 2.57 bits per heavy atom. The second kappa shape index (κ2) is 6.10. The van der Waals surface area contributed by atoms with Crippen molar-refractivity contribution in [3.63, 3.8) is 0 Å². The van der Waals surface area contributed by atoms with E-state index in [0.717, 1.165) is 17.0 Å². The van der Waals surface area contributed by atoms with Gasteiger partial charge in [0, 0.05) is 25.2 Å². The predicted molar refractivity (Wildman–Crippen MR) is 81.2 cm³/mol. The number of nitrogens with zero attached hydrogens (tertiary/aromatic N) is 2. The minimum atomic E-state index is -1.12. The van der Waals surface area contributed by atoms with Crippen LogP contribution in [0, 0.1) is 6.92 Å². The number of carboxylic acids is 1. The molecule has 0 amide bonds. The van der Waals surface area contributed by atoms with E-state index in [0.29, 0.717) is 13.0 Å². The van der Waals surface area contributed by atoms with Crippen molar-refractivity contribution in [2.24, 2.45) is 5.73 Å². The fourth-order valence-electron chi connectivity index (χ4n) is 2.66. The minimum Gasteiger partial charge on any atom is -0.481 e. The molecule has 0 aliphatic rings. The number of carbonyl (C=O) groups is 1. The van der Waals surface area contributed by atoms with Crippen LogP contribution in [-0.4, -0.2) is 27.4 Å². The Balaban J connectivity index is 2.49. The Hall–Kier alpha value is -2.14. The van der Waals surface area contributed by atoms with Crippen LogP contribution in [0.5, 0.6) is 0 Å². The van der Waals surface area contributed by atoms with Gasteiger partial charge in [-0.05, 0) is 25.5 Å². The largest absolute Gasteiger partial charge is 0.481 e. The molecule has 0 aliphatic carbocycles. The molecule has 0 bridgehead atoms. The van der Waals surface area contributed by atoms with Crippen molar-refractivity contribution in [3.05, 3.63) is 53.3 Å². The Labute approximate surface area is 124 Å². The van der Waals surface area contributed by atoms with Crippen LogP contribution < -0.4 is 5.73 Å². The van der Waals surface area contributed by atoms with E-state index in [2.05, 4.69) is 5.10 Å². The molecule has 0 fully saturated rings. The first-order chi connectivity index (χ1) is 10.0. The van der Waals surface area contributed by atoms with E-state index in [9.17, 15) is 9.90 Å². The number of carboxylic acid groups (broad SMARTS) is 1. The number of hydrogen-bond donors (Lipinski definition) is 2. The summed E-state index contributed by atoms with van der Waals surface area (Å²) in [5.41, 5.74) is 7.26. The van der Waals surface area contributed by atoms with Crippen LogP contribution >= 0.6 is 0 Å². The summed E-state index contributed by atoms with van der Waals surface area (Å²) in [6.07, 6.45) is 0.331. The maximum atomic E-state index is 12.0. The molecule has 21 heavy (non-hydrogen) atoms. The van der Waals surface area contributed by atoms with Crippen LogP contribution in [0.15, 0.2) is 36.4 Å². The average Bonchev–Trinajstić information content (AvgIpc) is 2.85. The first kappa shape index (κ1) is 15.3. The Bertz CT molecular complexity index is 622. The molecule has 0 radical (unpaired) electrons. The van der Waals surface area contributed by atoms with Crippen LogP contribution in [0.1, 0.15) is 23.9 Å². The van der Waals surface area contributed by atoms with Gasteiger partial charge in [-0.15, -0.1) is 0 Å². The summed E-state index contributed by atoms with van der Waals surface area (Å²) < 4.78 is 1.84. The quantitative estimate of drug-likeness (QED) is 0.848. The highest BCUT2D eigenvalue weighted by Gasteiger charge is 2.40. The van der Waals surface area contributed by atoms with Gasteiger partial charge < -0.3 is 10.8 Å². The van der Waals surface area contributed by atoms with E-state index in [4.69, 9.17) is 5.73 Å². The van der Waals surface area contributed by atoms with Gasteiger partial charge in [0.25, 0.3) is 0 Å². The highest BCUT2D eigenvalue weighted by atomic mass is 16.4. The molecule has 0 saturated carbocycles. The minimum absolute atomic E-state index is 0.0420. The zero-order chi connectivity index (χ0) is 15.5. The summed E-state index contributed by atoms with van der Waals surface area (Å²) >= 11 is 0. The number of hydrogen-bond acceptors (Lipinski definition) is 3. The molecule has 112 valence electrons. The SMILES string of the molecule is CCn1nc(C)cc1CC(CN)(C(=O)O)c1ccccc1. The van der Waals surface area contributed by atoms with Gasteiger partial charge in [0.1, 0.15) is 5.41 Å². The van der Waals surface area contributed by atoms with Gasteiger partial charge in [-0.1, -0.05) is 30.3 Å². The van der Waals surface area contributed by atoms with Crippen molar-refractivity contribution < 1.29 is 9.90 Å². The van der Waals surface area contributed by atoms with Gasteiger partial charge in [-0.2, -0.15) is 5.10 Å². The molecule has 0 spiro atoms. The first-order valence-corrected chi connectivity index (χ1v) is 7.06. The lowest BCUT2D eigenvalue weighted by Gasteiger charge is -2.28. The Morgan fingerprint density at radius 1 is 1.38 bits per heavy atom. The number of benzene rings is 1. The average molecular weight is 287 g/mol. The summed E-state index contributed by atoms with van der Waals surface area (Å²) in [6.45, 7) is 4.64. The second-order valence-electron chi connectivity index (χ2n) is 5.23. The van der Waals surface area contributed by atoms with Crippen LogP contribution in [0.2, 0.25) is 0 Å². The van der Waals surface area contributed by atoms with E-state index >= 15 is 0 Å². The normalized spacial score (nSPS) is 13.9. The highest BCUT2D eigenvalue weighted by molar-refractivity contribution is 5.82. The summed E-state index contributed by atoms with van der Waals surface area (Å²) in [5, 5.41) is 14.2. The van der Waals surface area contributed by atoms with Gasteiger partial charge in [-0.3, -0.25) is 9.48 Å². The fourth-order valence-corrected chi connectivity index (χ4v) is 2.66. The molecule has 0 saturated heterocycles. The molecular formula is C16H21N3O2. The molecular weight excluding hydrogens is 266 g/mol. The molecule has 2 aromatic rings. The number of rotatable bonds is 6. The standard InChI is InChI=1S/C16H21N3O2/c1-3-19-14(9-12(2)18-19)10-16(11-17,15(20)21)13-7-5-4-6-8-13/h4-9H,3,10-11,17H2,1-2H3,(H,20,21). The number of aryl methyl sites for hydroxylation is 2. The molecule has 5 heteroatoms. The van der Waals surface area contributed by atoms with Crippen molar-refractivity contribution in [1.82, 2.24) is 9.78 Å². The lowest BCUT2D eigenvalue weighted by molar-refractivity contribution is -0.143. The van der Waals surface area contributed by atoms with E-state index in [-0.39, 0.29) is 6.54 Å². The van der Waals surface area contributed by atoms with Gasteiger partial charge in [-0.25, -0.2) is 0 Å². The van der Waals surface area contributed by atoms with Crippen LogP contribution in [-0.2, 0) is 23.2 Å². The molecule has 3 N–H and O–H groups in total. The van der Waals surface area contributed by atoms with Crippen LogP contribution in [0.25, 0.3) is 0 Å². The topological polar surface area (TPSA) is 81.1 Å². The molecule has 0 aliphatic heterocycles. The monoisotopic (exact) mass is 287 g/mol. The molecule has 1 aromatic heterocycles. The third kappa shape index (κ3) is 2.83. The molecule has 1 unspecified atom stereocenters. The zero-order valence-electron chi connectivity index (χ0n) is 12.4. The van der Waals surface area contributed by atoms with E-state index in [1.54, 1.807) is 0 Å². The van der Waals surface area contributed by atoms with Gasteiger partial charge in [0.15, 0.2) is 0 Å². The maximum absolute atomic E-state index is 12.0. The predicted octanol–water partition coefficient (Wildman–Crippen LogP) is 1.74. The van der Waals surface area contributed by atoms with Crippen molar-refractivity contribution in [2.75, 3.05) is 6.54 Å². The summed E-state index contributed by atoms with van der Waals surface area (Å²) in [7, 11) is 0. The fraction of sp³-hybridized carbons (Fsp3) is 0.375. The maximum Gasteiger partial charge on any atom is 0.315 e. The molecule has 1 heterocycles. The summed E-state index contributed by atoms with van der Waals surface area (Å²) in [6, 6.07) is 11.1. The van der Waals surface area contributed by atoms with E-state index in [1.165, 1.54) is 0 Å². The summed E-state index contributed by atoms with van der Waals surface area (Å²) in [5.74, 6) is -0.905. The molecule has 5 nitrogen and oxygen atoms in total. The third-order valence-electron chi connectivity index (χ3n) is 3.85. The van der Waals surface area contributed by atoms with Gasteiger partial charge in [0.05, 0.1) is 5.69 Å². The van der Waals surface area contributed by atoms with Crippen molar-refractivity contribution in [3.8, 4) is 0 Å². The lowest BCUT2D eigenvalue weighted by atomic mass is 9.76. The lowest BCUT2D eigenvalue weighted by Crippen LogP contribution is -2.45. The molecule has 2 rings (SSSR count). The summed E-state index contributed by atoms with van der Waals surface area (Å²) in [4.78, 5) is 12.0. The Morgan fingerprint density at radius 2 is 2.05 bits per heavy atom. The number of aliphatic carboxylic acids is 1. The molecule has 1 atom stereocenters. The van der Waals surface area contributed by atoms with Crippen LogP contribution in [0.4, 0.5) is 0 Å². The van der Waals surface area contributed by atoms with Gasteiger partial charge >= 0.3 is 5.97 Å². The highest BCUT2D eigenvalue weighted by Crippen LogP contribution is 2.28. The van der Waals surface area contributed by atoms with Crippen molar-refractivity contribution in [2.45, 2.75) is 32.2 Å². The number of nitrogens with two attached hydrogens (primary N) is 1. The first-order valence-electron chi connectivity index (χ1n) is 7.06. The number of aromatic nitrogens is 2.